The quantitative estimate of drug-likeness (QED) is 0.591. The van der Waals surface area contributed by atoms with Crippen molar-refractivity contribution in [3.63, 3.8) is 0 Å². The molecule has 0 fully saturated rings. The minimum atomic E-state index is 0.228. The average Bonchev–Trinajstić information content (AvgIpc) is 3.42. The third-order valence-corrected chi connectivity index (χ3v) is 4.67. The monoisotopic (exact) mass is 360 g/mol. The normalized spacial score (nSPS) is 12.5. The first-order chi connectivity index (χ1) is 13.2. The van der Waals surface area contributed by atoms with Gasteiger partial charge in [-0.2, -0.15) is 10.1 Å². The van der Waals surface area contributed by atoms with Crippen LogP contribution in [0.3, 0.4) is 0 Å². The second kappa shape index (κ2) is 5.98. The molecule has 0 aliphatic carbocycles. The molecule has 27 heavy (non-hydrogen) atoms. The first kappa shape index (κ1) is 15.6. The van der Waals surface area contributed by atoms with Gasteiger partial charge in [0.1, 0.15) is 5.69 Å². The van der Waals surface area contributed by atoms with Gasteiger partial charge in [0.25, 0.3) is 5.89 Å². The van der Waals surface area contributed by atoms with Crippen LogP contribution in [0.1, 0.15) is 11.1 Å². The Labute approximate surface area is 155 Å². The zero-order valence-electron chi connectivity index (χ0n) is 14.8. The number of ether oxygens (including phenoxy) is 2. The molecule has 1 aliphatic heterocycles. The van der Waals surface area contributed by atoms with E-state index in [1.807, 2.05) is 30.3 Å². The molecule has 3 heterocycles. The molecule has 0 saturated heterocycles. The van der Waals surface area contributed by atoms with E-state index in [-0.39, 0.29) is 6.79 Å². The molecule has 5 rings (SSSR count). The van der Waals surface area contributed by atoms with E-state index in [4.69, 9.17) is 14.0 Å². The lowest BCUT2D eigenvalue weighted by molar-refractivity contribution is 0.174. The SMILES string of the molecule is Cc1ccc(-c2cc(-c3nc(-c4ccc5c(c4)OCO5)no3)[nH]n2)cc1C. The summed E-state index contributed by atoms with van der Waals surface area (Å²) in [4.78, 5) is 4.47. The number of hydrogen-bond acceptors (Lipinski definition) is 6. The zero-order chi connectivity index (χ0) is 18.4. The highest BCUT2D eigenvalue weighted by Gasteiger charge is 2.18. The number of aromatic amines is 1. The highest BCUT2D eigenvalue weighted by Crippen LogP contribution is 2.35. The second-order valence-electron chi connectivity index (χ2n) is 6.46. The standard InChI is InChI=1S/C20H16N4O3/c1-11-3-4-13(7-12(11)2)15-9-16(23-22-15)20-21-19(24-27-20)14-5-6-17-18(8-14)26-10-25-17/h3-9H,10H2,1-2H3,(H,22,23). The predicted molar refractivity (Wildman–Crippen MR) is 98.3 cm³/mol. The molecule has 2 aromatic heterocycles. The molecule has 7 nitrogen and oxygen atoms in total. The van der Waals surface area contributed by atoms with Gasteiger partial charge in [-0.3, -0.25) is 5.10 Å². The summed E-state index contributed by atoms with van der Waals surface area (Å²) in [6.45, 7) is 4.40. The van der Waals surface area contributed by atoms with E-state index >= 15 is 0 Å². The number of aromatic nitrogens is 4. The van der Waals surface area contributed by atoms with Gasteiger partial charge in [0, 0.05) is 11.1 Å². The van der Waals surface area contributed by atoms with E-state index in [2.05, 4.69) is 46.3 Å². The van der Waals surface area contributed by atoms with Crippen molar-refractivity contribution >= 4 is 0 Å². The van der Waals surface area contributed by atoms with Gasteiger partial charge in [-0.1, -0.05) is 17.3 Å². The van der Waals surface area contributed by atoms with Crippen molar-refractivity contribution in [3.05, 3.63) is 53.6 Å². The highest BCUT2D eigenvalue weighted by atomic mass is 16.7. The topological polar surface area (TPSA) is 86.1 Å². The van der Waals surface area contributed by atoms with Crippen molar-refractivity contribution in [2.75, 3.05) is 6.79 Å². The number of nitrogens with one attached hydrogen (secondary N) is 1. The van der Waals surface area contributed by atoms with Crippen LogP contribution in [0, 0.1) is 13.8 Å². The maximum atomic E-state index is 5.41. The first-order valence-corrected chi connectivity index (χ1v) is 8.54. The lowest BCUT2D eigenvalue weighted by Gasteiger charge is -2.01. The number of rotatable bonds is 3. The minimum absolute atomic E-state index is 0.228. The molecule has 0 atom stereocenters. The number of nitrogens with zero attached hydrogens (tertiary/aromatic N) is 3. The largest absolute Gasteiger partial charge is 0.454 e. The molecule has 0 bridgehead atoms. The maximum Gasteiger partial charge on any atom is 0.276 e. The number of benzene rings is 2. The summed E-state index contributed by atoms with van der Waals surface area (Å²) in [6, 6.07) is 13.7. The van der Waals surface area contributed by atoms with E-state index in [9.17, 15) is 0 Å². The molecular weight excluding hydrogens is 344 g/mol. The molecule has 1 aliphatic rings. The molecular formula is C20H16N4O3. The Hall–Kier alpha value is -3.61. The third-order valence-electron chi connectivity index (χ3n) is 4.67. The fourth-order valence-electron chi connectivity index (χ4n) is 2.97. The van der Waals surface area contributed by atoms with Crippen molar-refractivity contribution in [1.82, 2.24) is 20.3 Å². The van der Waals surface area contributed by atoms with Crippen molar-refractivity contribution in [2.45, 2.75) is 13.8 Å². The lowest BCUT2D eigenvalue weighted by atomic mass is 10.0. The van der Waals surface area contributed by atoms with Gasteiger partial charge < -0.3 is 14.0 Å². The third kappa shape index (κ3) is 2.73. The van der Waals surface area contributed by atoms with Gasteiger partial charge in [-0.25, -0.2) is 0 Å². The predicted octanol–water partition coefficient (Wildman–Crippen LogP) is 4.14. The summed E-state index contributed by atoms with van der Waals surface area (Å²) in [5.74, 6) is 2.25. The lowest BCUT2D eigenvalue weighted by Crippen LogP contribution is -1.92. The van der Waals surface area contributed by atoms with Crippen LogP contribution in [-0.4, -0.2) is 27.1 Å². The Bertz CT molecular complexity index is 1150. The number of fused-ring (bicyclic) bond motifs is 1. The van der Waals surface area contributed by atoms with Crippen LogP contribution >= 0.6 is 0 Å². The van der Waals surface area contributed by atoms with Crippen molar-refractivity contribution < 1.29 is 14.0 Å². The molecule has 0 unspecified atom stereocenters. The molecule has 7 heteroatoms. The van der Waals surface area contributed by atoms with E-state index in [1.54, 1.807) is 0 Å². The van der Waals surface area contributed by atoms with Crippen molar-refractivity contribution in [3.8, 4) is 45.7 Å². The van der Waals surface area contributed by atoms with Crippen molar-refractivity contribution in [1.29, 1.82) is 0 Å². The fraction of sp³-hybridized carbons (Fsp3) is 0.150. The summed E-state index contributed by atoms with van der Waals surface area (Å²) in [5.41, 5.74) is 5.80. The van der Waals surface area contributed by atoms with Crippen LogP contribution in [0.5, 0.6) is 11.5 Å². The van der Waals surface area contributed by atoms with Crippen LogP contribution in [-0.2, 0) is 0 Å². The molecule has 1 N–H and O–H groups in total. The molecule has 4 aromatic rings. The Balaban J connectivity index is 1.45. The smallest absolute Gasteiger partial charge is 0.276 e. The summed E-state index contributed by atoms with van der Waals surface area (Å²) in [5, 5.41) is 11.4. The molecule has 2 aromatic carbocycles. The van der Waals surface area contributed by atoms with Crippen LogP contribution in [0.4, 0.5) is 0 Å². The molecule has 0 saturated carbocycles. The Morgan fingerprint density at radius 1 is 0.889 bits per heavy atom. The number of H-pyrrole nitrogens is 1. The molecule has 0 radical (unpaired) electrons. The second-order valence-corrected chi connectivity index (χ2v) is 6.46. The van der Waals surface area contributed by atoms with E-state index in [0.29, 0.717) is 28.9 Å². The molecule has 134 valence electrons. The summed E-state index contributed by atoms with van der Waals surface area (Å²) < 4.78 is 16.1. The van der Waals surface area contributed by atoms with Gasteiger partial charge in [0.2, 0.25) is 12.6 Å². The van der Waals surface area contributed by atoms with E-state index in [0.717, 1.165) is 16.8 Å². The summed E-state index contributed by atoms with van der Waals surface area (Å²) in [7, 11) is 0. The van der Waals surface area contributed by atoms with Gasteiger partial charge >= 0.3 is 0 Å². The average molecular weight is 360 g/mol. The van der Waals surface area contributed by atoms with Crippen LogP contribution in [0.15, 0.2) is 47.0 Å². The van der Waals surface area contributed by atoms with Gasteiger partial charge in [-0.15, -0.1) is 0 Å². The summed E-state index contributed by atoms with van der Waals surface area (Å²) in [6.07, 6.45) is 0. The van der Waals surface area contributed by atoms with Crippen LogP contribution in [0.25, 0.3) is 34.2 Å². The number of aryl methyl sites for hydroxylation is 2. The Morgan fingerprint density at radius 3 is 2.63 bits per heavy atom. The minimum Gasteiger partial charge on any atom is -0.454 e. The van der Waals surface area contributed by atoms with Crippen molar-refractivity contribution in [2.24, 2.45) is 0 Å². The van der Waals surface area contributed by atoms with E-state index < -0.39 is 0 Å². The Morgan fingerprint density at radius 2 is 1.74 bits per heavy atom. The summed E-state index contributed by atoms with van der Waals surface area (Å²) >= 11 is 0. The molecule has 0 amide bonds. The maximum absolute atomic E-state index is 5.41. The van der Waals surface area contributed by atoms with Gasteiger partial charge in [0.05, 0.1) is 5.69 Å². The zero-order valence-corrected chi connectivity index (χ0v) is 14.8. The Kier molecular flexibility index (Phi) is 3.46. The first-order valence-electron chi connectivity index (χ1n) is 8.54. The van der Waals surface area contributed by atoms with Gasteiger partial charge in [0.15, 0.2) is 11.5 Å². The fourth-order valence-corrected chi connectivity index (χ4v) is 2.97. The molecule has 0 spiro atoms. The van der Waals surface area contributed by atoms with Gasteiger partial charge in [-0.05, 0) is 55.3 Å². The number of hydrogen-bond donors (Lipinski definition) is 1. The highest BCUT2D eigenvalue weighted by molar-refractivity contribution is 5.67. The van der Waals surface area contributed by atoms with E-state index in [1.165, 1.54) is 11.1 Å². The van der Waals surface area contributed by atoms with Crippen LogP contribution < -0.4 is 9.47 Å². The van der Waals surface area contributed by atoms with Crippen LogP contribution in [0.2, 0.25) is 0 Å².